The van der Waals surface area contributed by atoms with Crippen molar-refractivity contribution in [2.24, 2.45) is 0 Å². The summed E-state index contributed by atoms with van der Waals surface area (Å²) in [6.45, 7) is 3.92. The van der Waals surface area contributed by atoms with Crippen molar-refractivity contribution in [2.45, 2.75) is 19.7 Å². The third-order valence-electron chi connectivity index (χ3n) is 2.17. The van der Waals surface area contributed by atoms with Crippen molar-refractivity contribution in [1.29, 1.82) is 0 Å². The van der Waals surface area contributed by atoms with Crippen molar-refractivity contribution >= 4 is 23.4 Å². The highest BCUT2D eigenvalue weighted by atomic mass is 35.5. The van der Waals surface area contributed by atoms with Crippen LogP contribution in [-0.2, 0) is 10.7 Å². The molecule has 1 aromatic heterocycles. The first-order valence-corrected chi connectivity index (χ1v) is 5.76. The minimum absolute atomic E-state index is 0.127. The van der Waals surface area contributed by atoms with Crippen LogP contribution in [0.3, 0.4) is 0 Å². The molecule has 0 fully saturated rings. The molecule has 2 N–H and O–H groups in total. The molecule has 0 radical (unpaired) electrons. The molecule has 0 aliphatic carbocycles. The van der Waals surface area contributed by atoms with E-state index in [9.17, 15) is 9.59 Å². The van der Waals surface area contributed by atoms with Crippen molar-refractivity contribution in [3.8, 4) is 0 Å². The highest BCUT2D eigenvalue weighted by molar-refractivity contribution is 6.17. The Kier molecular flexibility index (Phi) is 5.03. The van der Waals surface area contributed by atoms with Crippen LogP contribution >= 0.6 is 11.6 Å². The van der Waals surface area contributed by atoms with E-state index in [0.29, 0.717) is 24.7 Å². The van der Waals surface area contributed by atoms with Gasteiger partial charge in [0.2, 0.25) is 5.91 Å². The van der Waals surface area contributed by atoms with E-state index in [1.165, 1.54) is 6.92 Å². The Hall–Kier alpha value is -1.49. The van der Waals surface area contributed by atoms with Gasteiger partial charge in [0.25, 0.3) is 5.91 Å². The van der Waals surface area contributed by atoms with Gasteiger partial charge in [-0.2, -0.15) is 0 Å². The Labute approximate surface area is 105 Å². The number of aryl methyl sites for hydroxylation is 1. The number of hydrogen-bond acceptors (Lipinski definition) is 3. The highest BCUT2D eigenvalue weighted by Crippen LogP contribution is 2.16. The third-order valence-corrected chi connectivity index (χ3v) is 2.46. The van der Waals surface area contributed by atoms with E-state index in [4.69, 9.17) is 16.0 Å². The van der Waals surface area contributed by atoms with Crippen molar-refractivity contribution in [3.63, 3.8) is 0 Å². The van der Waals surface area contributed by atoms with E-state index in [0.717, 1.165) is 5.56 Å². The number of hydrogen-bond donors (Lipinski definition) is 2. The molecule has 1 heterocycles. The maximum absolute atomic E-state index is 11.6. The van der Waals surface area contributed by atoms with E-state index >= 15 is 0 Å². The summed E-state index contributed by atoms with van der Waals surface area (Å²) in [5, 5.41) is 5.20. The van der Waals surface area contributed by atoms with Crippen LogP contribution in [0.5, 0.6) is 0 Å². The van der Waals surface area contributed by atoms with E-state index < -0.39 is 0 Å². The number of halogens is 1. The Morgan fingerprint density at radius 2 is 2.00 bits per heavy atom. The molecule has 0 bridgehead atoms. The van der Waals surface area contributed by atoms with Gasteiger partial charge < -0.3 is 15.1 Å². The molecule has 5 nitrogen and oxygen atoms in total. The lowest BCUT2D eigenvalue weighted by molar-refractivity contribution is -0.118. The van der Waals surface area contributed by atoms with Crippen molar-refractivity contribution < 1.29 is 14.0 Å². The van der Waals surface area contributed by atoms with Crippen LogP contribution in [0.1, 0.15) is 28.8 Å². The van der Waals surface area contributed by atoms with Crippen LogP contribution in [0.4, 0.5) is 0 Å². The summed E-state index contributed by atoms with van der Waals surface area (Å²) in [7, 11) is 0. The highest BCUT2D eigenvalue weighted by Gasteiger charge is 2.13. The molecule has 0 atom stereocenters. The largest absolute Gasteiger partial charge is 0.456 e. The lowest BCUT2D eigenvalue weighted by Gasteiger charge is -2.03. The number of alkyl halides is 1. The van der Waals surface area contributed by atoms with Gasteiger partial charge in [-0.15, -0.1) is 11.6 Å². The predicted molar refractivity (Wildman–Crippen MR) is 64.0 cm³/mol. The fraction of sp³-hybridized carbons (Fsp3) is 0.455. The molecule has 0 aromatic carbocycles. The lowest BCUT2D eigenvalue weighted by atomic mass is 10.3. The first kappa shape index (κ1) is 13.6. The maximum Gasteiger partial charge on any atom is 0.287 e. The molecular formula is C11H15ClN2O3. The van der Waals surface area contributed by atoms with Gasteiger partial charge in [0, 0.05) is 25.6 Å². The van der Waals surface area contributed by atoms with Gasteiger partial charge >= 0.3 is 0 Å². The number of carbonyl (C=O) groups excluding carboxylic acids is 2. The maximum atomic E-state index is 11.6. The van der Waals surface area contributed by atoms with E-state index in [2.05, 4.69) is 10.6 Å². The summed E-state index contributed by atoms with van der Waals surface area (Å²) < 4.78 is 5.26. The first-order chi connectivity index (χ1) is 8.04. The molecule has 1 rings (SSSR count). The van der Waals surface area contributed by atoms with E-state index in [1.807, 2.05) is 0 Å². The van der Waals surface area contributed by atoms with Crippen LogP contribution in [0.15, 0.2) is 10.5 Å². The van der Waals surface area contributed by atoms with Crippen LogP contribution in [-0.4, -0.2) is 24.9 Å². The summed E-state index contributed by atoms with van der Waals surface area (Å²) in [4.78, 5) is 22.2. The summed E-state index contributed by atoms with van der Waals surface area (Å²) in [6.07, 6.45) is 0. The Balaban J connectivity index is 2.44. The molecule has 6 heteroatoms. The molecule has 0 saturated heterocycles. The SMILES string of the molecule is CC(=O)NCCNC(=O)c1cc(CCl)c(C)o1. The summed E-state index contributed by atoms with van der Waals surface area (Å²) >= 11 is 5.67. The van der Waals surface area contributed by atoms with E-state index in [1.54, 1.807) is 13.0 Å². The van der Waals surface area contributed by atoms with Crippen molar-refractivity contribution in [1.82, 2.24) is 10.6 Å². The van der Waals surface area contributed by atoms with Crippen LogP contribution in [0, 0.1) is 6.92 Å². The molecule has 0 aliphatic heterocycles. The van der Waals surface area contributed by atoms with E-state index in [-0.39, 0.29) is 17.6 Å². The second-order valence-corrected chi connectivity index (χ2v) is 3.83. The number of amides is 2. The Morgan fingerprint density at radius 3 is 2.53 bits per heavy atom. The third kappa shape index (κ3) is 4.11. The molecule has 17 heavy (non-hydrogen) atoms. The second kappa shape index (κ2) is 6.30. The van der Waals surface area contributed by atoms with Crippen molar-refractivity contribution in [2.75, 3.05) is 13.1 Å². The standard InChI is InChI=1S/C11H15ClN2O3/c1-7-9(6-12)5-10(17-7)11(16)14-4-3-13-8(2)15/h5H,3-4,6H2,1-2H3,(H,13,15)(H,14,16). The predicted octanol–water partition coefficient (Wildman–Crippen LogP) is 1.19. The second-order valence-electron chi connectivity index (χ2n) is 3.56. The normalized spacial score (nSPS) is 10.1. The van der Waals surface area contributed by atoms with Gasteiger partial charge in [-0.1, -0.05) is 0 Å². The molecule has 1 aromatic rings. The summed E-state index contributed by atoms with van der Waals surface area (Å²) in [5.74, 6) is 0.759. The summed E-state index contributed by atoms with van der Waals surface area (Å²) in [5.41, 5.74) is 0.804. The molecule has 0 saturated carbocycles. The fourth-order valence-corrected chi connectivity index (χ4v) is 1.53. The average Bonchev–Trinajstić information content (AvgIpc) is 2.65. The fourth-order valence-electron chi connectivity index (χ4n) is 1.27. The zero-order valence-electron chi connectivity index (χ0n) is 9.80. The van der Waals surface area contributed by atoms with Crippen LogP contribution < -0.4 is 10.6 Å². The zero-order valence-corrected chi connectivity index (χ0v) is 10.6. The van der Waals surface area contributed by atoms with Crippen molar-refractivity contribution in [3.05, 3.63) is 23.2 Å². The first-order valence-electron chi connectivity index (χ1n) is 5.22. The molecule has 0 unspecified atom stereocenters. The van der Waals surface area contributed by atoms with Gasteiger partial charge in [0.15, 0.2) is 5.76 Å². The molecular weight excluding hydrogens is 244 g/mol. The number of nitrogens with one attached hydrogen (secondary N) is 2. The molecule has 0 aliphatic rings. The molecule has 0 spiro atoms. The smallest absolute Gasteiger partial charge is 0.287 e. The quantitative estimate of drug-likeness (QED) is 0.616. The Morgan fingerprint density at radius 1 is 1.35 bits per heavy atom. The number of rotatable bonds is 5. The zero-order chi connectivity index (χ0) is 12.8. The monoisotopic (exact) mass is 258 g/mol. The number of carbonyl (C=O) groups is 2. The Bertz CT molecular complexity index is 415. The van der Waals surface area contributed by atoms with Crippen LogP contribution in [0.2, 0.25) is 0 Å². The van der Waals surface area contributed by atoms with Gasteiger partial charge in [-0.05, 0) is 13.0 Å². The average molecular weight is 259 g/mol. The lowest BCUT2D eigenvalue weighted by Crippen LogP contribution is -2.33. The van der Waals surface area contributed by atoms with Gasteiger partial charge in [0.05, 0.1) is 5.88 Å². The molecule has 2 amide bonds. The molecule has 94 valence electrons. The minimum Gasteiger partial charge on any atom is -0.456 e. The van der Waals surface area contributed by atoms with Gasteiger partial charge in [-0.3, -0.25) is 9.59 Å². The van der Waals surface area contributed by atoms with Crippen LogP contribution in [0.25, 0.3) is 0 Å². The van der Waals surface area contributed by atoms with Gasteiger partial charge in [-0.25, -0.2) is 0 Å². The minimum atomic E-state index is -0.310. The topological polar surface area (TPSA) is 71.3 Å². The van der Waals surface area contributed by atoms with Gasteiger partial charge in [0.1, 0.15) is 5.76 Å². The number of furan rings is 1. The summed E-state index contributed by atoms with van der Waals surface area (Å²) in [6, 6.07) is 1.62.